The zero-order chi connectivity index (χ0) is 24.8. The maximum atomic E-state index is 12.8. The number of esters is 1. The second-order valence-electron chi connectivity index (χ2n) is 8.84. The van der Waals surface area contributed by atoms with E-state index in [-0.39, 0.29) is 18.3 Å². The molecule has 0 bridgehead atoms. The van der Waals surface area contributed by atoms with Crippen LogP contribution in [0.4, 0.5) is 0 Å². The molecule has 1 N–H and O–H groups in total. The van der Waals surface area contributed by atoms with E-state index in [1.807, 2.05) is 54.6 Å². The number of fused-ring (bicyclic) bond motifs is 3. The third-order valence-electron chi connectivity index (χ3n) is 7.16. The standard InChI is InChI=1S/C28H27BrO6/c1-4-25(30)34-24-16-21(17-8-6-5-7-9-17)28(18-10-12-19(29)13-11-18)27(24,31)26-22(33-3)14-20(32-2)15-23(26)35-28/h5-15,21,24,31H,4,16H2,1-3H3. The second-order valence-corrected chi connectivity index (χ2v) is 9.76. The fourth-order valence-corrected chi connectivity index (χ4v) is 5.90. The lowest BCUT2D eigenvalue weighted by Gasteiger charge is -2.41. The Labute approximate surface area is 212 Å². The number of benzene rings is 3. The number of methoxy groups -OCH3 is 2. The number of carbonyl (C=O) groups excluding carboxylic acids is 1. The van der Waals surface area contributed by atoms with Crippen LogP contribution in [0.15, 0.2) is 71.2 Å². The third kappa shape index (κ3) is 3.44. The molecule has 4 atom stereocenters. The second kappa shape index (κ2) is 8.88. The van der Waals surface area contributed by atoms with Crippen LogP contribution < -0.4 is 14.2 Å². The largest absolute Gasteiger partial charge is 0.496 e. The van der Waals surface area contributed by atoms with Gasteiger partial charge < -0.3 is 24.1 Å². The van der Waals surface area contributed by atoms with Crippen LogP contribution in [0.25, 0.3) is 0 Å². The van der Waals surface area contributed by atoms with E-state index in [0.717, 1.165) is 15.6 Å². The smallest absolute Gasteiger partial charge is 0.305 e. The SMILES string of the molecule is CCC(=O)OC1CC(c2ccccc2)C2(c3ccc(Br)cc3)Oc3cc(OC)cc(OC)c3C12O. The Morgan fingerprint density at radius 1 is 1.09 bits per heavy atom. The van der Waals surface area contributed by atoms with Gasteiger partial charge in [0.25, 0.3) is 0 Å². The van der Waals surface area contributed by atoms with Crippen LogP contribution in [0.2, 0.25) is 0 Å². The molecule has 1 saturated carbocycles. The monoisotopic (exact) mass is 538 g/mol. The quantitative estimate of drug-likeness (QED) is 0.420. The first-order valence-corrected chi connectivity index (χ1v) is 12.4. The van der Waals surface area contributed by atoms with Crippen LogP contribution in [-0.2, 0) is 20.7 Å². The van der Waals surface area contributed by atoms with Crippen molar-refractivity contribution in [2.75, 3.05) is 14.2 Å². The molecule has 0 amide bonds. The highest BCUT2D eigenvalue weighted by molar-refractivity contribution is 9.10. The molecule has 7 heteroatoms. The minimum Gasteiger partial charge on any atom is -0.496 e. The molecule has 1 aliphatic heterocycles. The molecule has 1 aliphatic carbocycles. The van der Waals surface area contributed by atoms with E-state index in [1.54, 1.807) is 26.2 Å². The molecule has 0 spiro atoms. The number of aliphatic hydroxyl groups is 1. The zero-order valence-corrected chi connectivity index (χ0v) is 21.4. The molecule has 35 heavy (non-hydrogen) atoms. The Hall–Kier alpha value is -3.03. The third-order valence-corrected chi connectivity index (χ3v) is 7.69. The molecule has 0 saturated heterocycles. The van der Waals surface area contributed by atoms with E-state index in [1.165, 1.54) is 7.11 Å². The molecule has 2 aliphatic rings. The van der Waals surface area contributed by atoms with Crippen molar-refractivity contribution in [3.8, 4) is 17.2 Å². The predicted octanol–water partition coefficient (Wildman–Crippen LogP) is 5.45. The van der Waals surface area contributed by atoms with Crippen molar-refractivity contribution in [1.29, 1.82) is 0 Å². The van der Waals surface area contributed by atoms with Crippen molar-refractivity contribution in [3.63, 3.8) is 0 Å². The molecule has 182 valence electrons. The van der Waals surface area contributed by atoms with Gasteiger partial charge in [0.15, 0.2) is 11.2 Å². The van der Waals surface area contributed by atoms with Gasteiger partial charge in [-0.2, -0.15) is 0 Å². The zero-order valence-electron chi connectivity index (χ0n) is 19.8. The highest BCUT2D eigenvalue weighted by Crippen LogP contribution is 2.69. The van der Waals surface area contributed by atoms with E-state index >= 15 is 0 Å². The summed E-state index contributed by atoms with van der Waals surface area (Å²) < 4.78 is 24.9. The van der Waals surface area contributed by atoms with Crippen LogP contribution in [0.5, 0.6) is 17.2 Å². The van der Waals surface area contributed by atoms with Gasteiger partial charge in [-0.25, -0.2) is 0 Å². The Morgan fingerprint density at radius 3 is 2.43 bits per heavy atom. The van der Waals surface area contributed by atoms with E-state index in [2.05, 4.69) is 15.9 Å². The van der Waals surface area contributed by atoms with Crippen LogP contribution >= 0.6 is 15.9 Å². The first-order valence-electron chi connectivity index (χ1n) is 11.6. The summed E-state index contributed by atoms with van der Waals surface area (Å²) in [6, 6.07) is 21.1. The minimum absolute atomic E-state index is 0.196. The average Bonchev–Trinajstić information content (AvgIpc) is 3.29. The molecule has 1 fully saturated rings. The number of rotatable bonds is 6. The van der Waals surface area contributed by atoms with Crippen LogP contribution in [0, 0.1) is 0 Å². The molecule has 5 rings (SSSR count). The van der Waals surface area contributed by atoms with Gasteiger partial charge in [-0.15, -0.1) is 0 Å². The maximum Gasteiger partial charge on any atom is 0.305 e. The molecule has 1 heterocycles. The summed E-state index contributed by atoms with van der Waals surface area (Å²) in [5.41, 5.74) is -0.808. The van der Waals surface area contributed by atoms with Crippen molar-refractivity contribution in [3.05, 3.63) is 87.9 Å². The summed E-state index contributed by atoms with van der Waals surface area (Å²) in [6.07, 6.45) is -0.300. The van der Waals surface area contributed by atoms with E-state index in [4.69, 9.17) is 18.9 Å². The van der Waals surface area contributed by atoms with E-state index in [9.17, 15) is 9.90 Å². The fourth-order valence-electron chi connectivity index (χ4n) is 5.63. The van der Waals surface area contributed by atoms with Gasteiger partial charge in [-0.05, 0) is 29.7 Å². The normalized spacial score (nSPS) is 26.4. The summed E-state index contributed by atoms with van der Waals surface area (Å²) >= 11 is 3.51. The van der Waals surface area contributed by atoms with E-state index < -0.39 is 17.3 Å². The highest BCUT2D eigenvalue weighted by Gasteiger charge is 2.75. The first kappa shape index (κ1) is 23.7. The molecule has 3 aromatic carbocycles. The fraction of sp³-hybridized carbons (Fsp3) is 0.321. The number of carbonyl (C=O) groups is 1. The summed E-state index contributed by atoms with van der Waals surface area (Å²) in [4.78, 5) is 12.6. The Morgan fingerprint density at radius 2 is 1.80 bits per heavy atom. The number of hydrogen-bond donors (Lipinski definition) is 1. The summed E-state index contributed by atoms with van der Waals surface area (Å²) in [7, 11) is 3.10. The molecule has 0 aromatic heterocycles. The van der Waals surface area contributed by atoms with Gasteiger partial charge in [0.1, 0.15) is 23.4 Å². The number of ether oxygens (including phenoxy) is 4. The summed E-state index contributed by atoms with van der Waals surface area (Å²) in [6.45, 7) is 1.74. The lowest BCUT2D eigenvalue weighted by Crippen LogP contribution is -2.53. The highest BCUT2D eigenvalue weighted by atomic mass is 79.9. The van der Waals surface area contributed by atoms with Gasteiger partial charge >= 0.3 is 5.97 Å². The van der Waals surface area contributed by atoms with Gasteiger partial charge in [-0.3, -0.25) is 4.79 Å². The molecular weight excluding hydrogens is 512 g/mol. The number of hydrogen-bond acceptors (Lipinski definition) is 6. The Bertz CT molecular complexity index is 1240. The topological polar surface area (TPSA) is 74.2 Å². The van der Waals surface area contributed by atoms with Crippen LogP contribution in [0.3, 0.4) is 0 Å². The molecule has 3 aromatic rings. The maximum absolute atomic E-state index is 12.8. The lowest BCUT2D eigenvalue weighted by molar-refractivity contribution is -0.181. The molecule has 6 nitrogen and oxygen atoms in total. The van der Waals surface area contributed by atoms with Gasteiger partial charge in [0, 0.05) is 28.9 Å². The summed E-state index contributed by atoms with van der Waals surface area (Å²) in [5.74, 6) is 0.667. The van der Waals surface area contributed by atoms with Crippen LogP contribution in [-0.4, -0.2) is 31.4 Å². The number of halogens is 1. The van der Waals surface area contributed by atoms with Crippen molar-refractivity contribution < 1.29 is 28.8 Å². The van der Waals surface area contributed by atoms with Gasteiger partial charge in [0.2, 0.25) is 0 Å². The van der Waals surface area contributed by atoms with Crippen molar-refractivity contribution in [2.24, 2.45) is 0 Å². The Kier molecular flexibility index (Phi) is 6.01. The van der Waals surface area contributed by atoms with Gasteiger partial charge in [0.05, 0.1) is 19.8 Å². The Balaban J connectivity index is 1.83. The average molecular weight is 539 g/mol. The van der Waals surface area contributed by atoms with Crippen molar-refractivity contribution in [1.82, 2.24) is 0 Å². The molecule has 4 unspecified atom stereocenters. The minimum atomic E-state index is -1.72. The lowest BCUT2D eigenvalue weighted by atomic mass is 9.71. The first-order chi connectivity index (χ1) is 16.9. The molecule has 0 radical (unpaired) electrons. The van der Waals surface area contributed by atoms with Crippen molar-refractivity contribution >= 4 is 21.9 Å². The van der Waals surface area contributed by atoms with Crippen molar-refractivity contribution in [2.45, 2.75) is 43.0 Å². The van der Waals surface area contributed by atoms with E-state index in [0.29, 0.717) is 29.2 Å². The van der Waals surface area contributed by atoms with Gasteiger partial charge in [-0.1, -0.05) is 65.3 Å². The van der Waals surface area contributed by atoms with Crippen LogP contribution in [0.1, 0.15) is 42.4 Å². The molecular formula is C28H27BrO6. The predicted molar refractivity (Wildman–Crippen MR) is 134 cm³/mol. The summed E-state index contributed by atoms with van der Waals surface area (Å²) in [5, 5.41) is 12.8.